The molecule has 116 valence electrons. The minimum Gasteiger partial charge on any atom is -0.370 e. The third-order valence-corrected chi connectivity index (χ3v) is 4.59. The van der Waals surface area contributed by atoms with Gasteiger partial charge in [-0.15, -0.1) is 0 Å². The highest BCUT2D eigenvalue weighted by atomic mass is 32.1. The SMILES string of the molecule is O=C(Cc1ccsc1)N1CCC[C@@H](OCc2ccccn2)C1. The van der Waals surface area contributed by atoms with E-state index in [0.29, 0.717) is 19.6 Å². The van der Waals surface area contributed by atoms with Gasteiger partial charge in [-0.1, -0.05) is 6.07 Å². The summed E-state index contributed by atoms with van der Waals surface area (Å²) in [6.07, 6.45) is 4.39. The van der Waals surface area contributed by atoms with Crippen molar-refractivity contribution in [2.75, 3.05) is 13.1 Å². The summed E-state index contributed by atoms with van der Waals surface area (Å²) in [4.78, 5) is 18.5. The van der Waals surface area contributed by atoms with Crippen LogP contribution in [0.5, 0.6) is 0 Å². The van der Waals surface area contributed by atoms with Gasteiger partial charge in [0.1, 0.15) is 0 Å². The Balaban J connectivity index is 1.49. The molecule has 1 fully saturated rings. The van der Waals surface area contributed by atoms with E-state index >= 15 is 0 Å². The van der Waals surface area contributed by atoms with Crippen LogP contribution in [-0.4, -0.2) is 35.0 Å². The number of aromatic nitrogens is 1. The quantitative estimate of drug-likeness (QED) is 0.852. The molecule has 1 aliphatic heterocycles. The van der Waals surface area contributed by atoms with E-state index < -0.39 is 0 Å². The molecule has 0 unspecified atom stereocenters. The van der Waals surface area contributed by atoms with Crippen LogP contribution in [0.4, 0.5) is 0 Å². The molecule has 0 spiro atoms. The normalized spacial score (nSPS) is 18.4. The summed E-state index contributed by atoms with van der Waals surface area (Å²) in [5, 5.41) is 4.05. The van der Waals surface area contributed by atoms with E-state index in [-0.39, 0.29) is 12.0 Å². The van der Waals surface area contributed by atoms with Gasteiger partial charge in [-0.25, -0.2) is 0 Å². The second kappa shape index (κ2) is 7.51. The summed E-state index contributed by atoms with van der Waals surface area (Å²) < 4.78 is 5.93. The number of rotatable bonds is 5. The lowest BCUT2D eigenvalue weighted by Gasteiger charge is -2.32. The molecule has 1 atom stereocenters. The van der Waals surface area contributed by atoms with Crippen LogP contribution >= 0.6 is 11.3 Å². The maximum atomic E-state index is 12.3. The molecule has 22 heavy (non-hydrogen) atoms. The first-order chi connectivity index (χ1) is 10.8. The fraction of sp³-hybridized carbons (Fsp3) is 0.412. The van der Waals surface area contributed by atoms with Gasteiger partial charge in [0.2, 0.25) is 5.91 Å². The summed E-state index contributed by atoms with van der Waals surface area (Å²) in [5.74, 6) is 0.199. The molecule has 1 aliphatic rings. The van der Waals surface area contributed by atoms with E-state index in [1.54, 1.807) is 17.5 Å². The van der Waals surface area contributed by atoms with Crippen molar-refractivity contribution in [1.82, 2.24) is 9.88 Å². The first-order valence-corrected chi connectivity index (χ1v) is 8.56. The van der Waals surface area contributed by atoms with E-state index in [9.17, 15) is 4.79 Å². The lowest BCUT2D eigenvalue weighted by molar-refractivity contribution is -0.134. The molecule has 0 aromatic carbocycles. The minimum absolute atomic E-state index is 0.113. The molecular weight excluding hydrogens is 296 g/mol. The van der Waals surface area contributed by atoms with Crippen molar-refractivity contribution in [2.24, 2.45) is 0 Å². The number of pyridine rings is 1. The predicted molar refractivity (Wildman–Crippen MR) is 86.7 cm³/mol. The summed E-state index contributed by atoms with van der Waals surface area (Å²) in [6, 6.07) is 7.84. The Morgan fingerprint density at radius 3 is 3.14 bits per heavy atom. The van der Waals surface area contributed by atoms with E-state index in [1.165, 1.54) is 0 Å². The van der Waals surface area contributed by atoms with Gasteiger partial charge in [-0.2, -0.15) is 11.3 Å². The van der Waals surface area contributed by atoms with Gasteiger partial charge in [-0.3, -0.25) is 9.78 Å². The lowest BCUT2D eigenvalue weighted by Crippen LogP contribution is -2.43. The molecule has 0 saturated carbocycles. The van der Waals surface area contributed by atoms with E-state index in [0.717, 1.165) is 30.6 Å². The number of carbonyl (C=O) groups excluding carboxylic acids is 1. The van der Waals surface area contributed by atoms with Crippen molar-refractivity contribution < 1.29 is 9.53 Å². The molecule has 0 bridgehead atoms. The van der Waals surface area contributed by atoms with Crippen LogP contribution in [0.3, 0.4) is 0 Å². The number of thiophene rings is 1. The number of carbonyl (C=O) groups is 1. The van der Waals surface area contributed by atoms with Gasteiger partial charge in [0.25, 0.3) is 0 Å². The number of nitrogens with zero attached hydrogens (tertiary/aromatic N) is 2. The van der Waals surface area contributed by atoms with Crippen LogP contribution in [0.15, 0.2) is 41.2 Å². The van der Waals surface area contributed by atoms with E-state index in [1.807, 2.05) is 39.9 Å². The highest BCUT2D eigenvalue weighted by Crippen LogP contribution is 2.16. The average Bonchev–Trinajstić information content (AvgIpc) is 3.07. The van der Waals surface area contributed by atoms with Crippen LogP contribution in [-0.2, 0) is 22.6 Å². The highest BCUT2D eigenvalue weighted by molar-refractivity contribution is 7.07. The molecule has 3 rings (SSSR count). The van der Waals surface area contributed by atoms with Gasteiger partial charge in [0.15, 0.2) is 0 Å². The van der Waals surface area contributed by atoms with Crippen LogP contribution in [0.25, 0.3) is 0 Å². The fourth-order valence-corrected chi connectivity index (χ4v) is 3.34. The average molecular weight is 316 g/mol. The molecule has 0 radical (unpaired) electrons. The van der Waals surface area contributed by atoms with Crippen molar-refractivity contribution in [1.29, 1.82) is 0 Å². The third kappa shape index (κ3) is 4.15. The predicted octanol–water partition coefficient (Wildman–Crippen LogP) is 2.89. The maximum Gasteiger partial charge on any atom is 0.227 e. The highest BCUT2D eigenvalue weighted by Gasteiger charge is 2.24. The molecule has 0 N–H and O–H groups in total. The Morgan fingerprint density at radius 2 is 2.36 bits per heavy atom. The number of hydrogen-bond acceptors (Lipinski definition) is 4. The molecule has 1 amide bonds. The Morgan fingerprint density at radius 1 is 1.41 bits per heavy atom. The number of hydrogen-bond donors (Lipinski definition) is 0. The summed E-state index contributed by atoms with van der Waals surface area (Å²) in [6.45, 7) is 2.04. The van der Waals surface area contributed by atoms with Gasteiger partial charge < -0.3 is 9.64 Å². The van der Waals surface area contributed by atoms with Crippen LogP contribution in [0.2, 0.25) is 0 Å². The van der Waals surface area contributed by atoms with E-state index in [4.69, 9.17) is 4.74 Å². The number of piperidine rings is 1. The number of amides is 1. The number of ether oxygens (including phenoxy) is 1. The molecule has 0 aliphatic carbocycles. The molecule has 1 saturated heterocycles. The van der Waals surface area contributed by atoms with E-state index in [2.05, 4.69) is 4.98 Å². The first kappa shape index (κ1) is 15.2. The van der Waals surface area contributed by atoms with Gasteiger partial charge in [0.05, 0.1) is 24.8 Å². The molecule has 3 heterocycles. The monoisotopic (exact) mass is 316 g/mol. The van der Waals surface area contributed by atoms with Crippen molar-refractivity contribution in [3.8, 4) is 0 Å². The summed E-state index contributed by atoms with van der Waals surface area (Å²) in [5.41, 5.74) is 2.04. The van der Waals surface area contributed by atoms with Crippen LogP contribution in [0, 0.1) is 0 Å². The summed E-state index contributed by atoms with van der Waals surface area (Å²) in [7, 11) is 0. The topological polar surface area (TPSA) is 42.4 Å². The maximum absolute atomic E-state index is 12.3. The zero-order chi connectivity index (χ0) is 15.2. The zero-order valence-corrected chi connectivity index (χ0v) is 13.3. The van der Waals surface area contributed by atoms with Gasteiger partial charge in [-0.05, 0) is 47.4 Å². The molecule has 2 aromatic heterocycles. The Hall–Kier alpha value is -1.72. The second-order valence-electron chi connectivity index (χ2n) is 5.54. The smallest absolute Gasteiger partial charge is 0.227 e. The number of likely N-dealkylation sites (tertiary alicyclic amines) is 1. The standard InChI is InChI=1S/C17H20N2O2S/c20-17(10-14-6-9-22-13-14)19-8-3-5-16(11-19)21-12-15-4-1-2-7-18-15/h1-2,4,6-7,9,13,16H,3,5,8,10-12H2/t16-/m1/s1. The molecule has 2 aromatic rings. The molecule has 4 nitrogen and oxygen atoms in total. The lowest BCUT2D eigenvalue weighted by atomic mass is 10.1. The Bertz CT molecular complexity index is 586. The van der Waals surface area contributed by atoms with Gasteiger partial charge >= 0.3 is 0 Å². The Kier molecular flexibility index (Phi) is 5.19. The van der Waals surface area contributed by atoms with Crippen molar-refractivity contribution in [2.45, 2.75) is 32.0 Å². The third-order valence-electron chi connectivity index (χ3n) is 3.86. The molecule has 5 heteroatoms. The van der Waals surface area contributed by atoms with Crippen molar-refractivity contribution in [3.05, 3.63) is 52.5 Å². The summed E-state index contributed by atoms with van der Waals surface area (Å²) >= 11 is 1.63. The van der Waals surface area contributed by atoms with Crippen LogP contribution in [0.1, 0.15) is 24.1 Å². The van der Waals surface area contributed by atoms with Crippen LogP contribution < -0.4 is 0 Å². The molecular formula is C17H20N2O2S. The zero-order valence-electron chi connectivity index (χ0n) is 12.5. The first-order valence-electron chi connectivity index (χ1n) is 7.61. The fourth-order valence-electron chi connectivity index (χ4n) is 2.67. The van der Waals surface area contributed by atoms with Gasteiger partial charge in [0, 0.05) is 19.3 Å². The Labute approximate surface area is 134 Å². The van der Waals surface area contributed by atoms with Crippen molar-refractivity contribution >= 4 is 17.2 Å². The van der Waals surface area contributed by atoms with Crippen molar-refractivity contribution in [3.63, 3.8) is 0 Å². The minimum atomic E-state index is 0.113. The second-order valence-corrected chi connectivity index (χ2v) is 6.32. The largest absolute Gasteiger partial charge is 0.370 e.